The Balaban J connectivity index is 2.76. The number of anilines is 1. The number of aliphatic hydroxyl groups excluding tert-OH is 2. The van der Waals surface area contributed by atoms with Crippen LogP contribution in [-0.4, -0.2) is 41.5 Å². The molecule has 4 nitrogen and oxygen atoms in total. The summed E-state index contributed by atoms with van der Waals surface area (Å²) in [6, 6.07) is 0. The van der Waals surface area contributed by atoms with Crippen molar-refractivity contribution in [3.8, 4) is 0 Å². The normalized spacial score (nSPS) is 10.6. The molecule has 0 atom stereocenters. The highest BCUT2D eigenvalue weighted by molar-refractivity contribution is 7.15. The summed E-state index contributed by atoms with van der Waals surface area (Å²) in [4.78, 5) is 7.44. The Labute approximate surface area is 87.8 Å². The van der Waals surface area contributed by atoms with Gasteiger partial charge in [0.05, 0.1) is 18.9 Å². The number of hydrogen-bond acceptors (Lipinski definition) is 5. The van der Waals surface area contributed by atoms with Crippen LogP contribution in [0.2, 0.25) is 0 Å². The first kappa shape index (κ1) is 11.4. The lowest BCUT2D eigenvalue weighted by molar-refractivity contribution is 0.281. The average Bonchev–Trinajstić information content (AvgIpc) is 2.47. The van der Waals surface area contributed by atoms with Gasteiger partial charge in [-0.3, -0.25) is 0 Å². The van der Waals surface area contributed by atoms with Crippen LogP contribution >= 0.6 is 11.3 Å². The summed E-state index contributed by atoms with van der Waals surface area (Å²) < 4.78 is 0. The number of hydrogen-bond donors (Lipinski definition) is 2. The van der Waals surface area contributed by atoms with Gasteiger partial charge in [-0.05, 0) is 13.8 Å². The summed E-state index contributed by atoms with van der Waals surface area (Å²) in [5.74, 6) is 0. The fourth-order valence-corrected chi connectivity index (χ4v) is 2.10. The second kappa shape index (κ2) is 5.29. The highest BCUT2D eigenvalue weighted by atomic mass is 32.1. The van der Waals surface area contributed by atoms with Gasteiger partial charge < -0.3 is 15.1 Å². The first-order valence-electron chi connectivity index (χ1n) is 4.59. The molecule has 0 aliphatic carbocycles. The molecule has 2 N–H and O–H groups in total. The van der Waals surface area contributed by atoms with Crippen molar-refractivity contribution in [3.63, 3.8) is 0 Å². The van der Waals surface area contributed by atoms with Gasteiger partial charge in [0.2, 0.25) is 0 Å². The van der Waals surface area contributed by atoms with Gasteiger partial charge in [0.1, 0.15) is 0 Å². The number of rotatable bonds is 5. The number of nitrogens with zero attached hydrogens (tertiary/aromatic N) is 2. The van der Waals surface area contributed by atoms with Crippen LogP contribution in [0.3, 0.4) is 0 Å². The van der Waals surface area contributed by atoms with Crippen molar-refractivity contribution in [2.24, 2.45) is 0 Å². The highest BCUT2D eigenvalue weighted by Crippen LogP contribution is 2.24. The van der Waals surface area contributed by atoms with Gasteiger partial charge in [0, 0.05) is 18.0 Å². The van der Waals surface area contributed by atoms with Gasteiger partial charge in [-0.15, -0.1) is 11.3 Å². The van der Waals surface area contributed by atoms with Crippen LogP contribution in [0.5, 0.6) is 0 Å². The molecule has 0 aliphatic rings. The third kappa shape index (κ3) is 2.67. The molecule has 1 aromatic heterocycles. The minimum Gasteiger partial charge on any atom is -0.395 e. The van der Waals surface area contributed by atoms with Gasteiger partial charge in [0.25, 0.3) is 0 Å². The van der Waals surface area contributed by atoms with Gasteiger partial charge in [-0.1, -0.05) is 0 Å². The molecule has 0 aromatic carbocycles. The fourth-order valence-electron chi connectivity index (χ4n) is 1.14. The maximum Gasteiger partial charge on any atom is 0.185 e. The predicted molar refractivity (Wildman–Crippen MR) is 58.0 cm³/mol. The molecule has 0 spiro atoms. The van der Waals surface area contributed by atoms with Crippen molar-refractivity contribution in [2.75, 3.05) is 31.2 Å². The third-order valence-electron chi connectivity index (χ3n) is 2.03. The molecule has 0 amide bonds. The molecule has 1 heterocycles. The number of aromatic nitrogens is 1. The highest BCUT2D eigenvalue weighted by Gasteiger charge is 2.10. The van der Waals surface area contributed by atoms with Crippen molar-refractivity contribution >= 4 is 16.5 Å². The SMILES string of the molecule is Cc1nc(N(CCO)CCO)sc1C. The van der Waals surface area contributed by atoms with E-state index in [-0.39, 0.29) is 13.2 Å². The van der Waals surface area contributed by atoms with E-state index >= 15 is 0 Å². The predicted octanol–water partition coefficient (Wildman–Crippen LogP) is 0.551. The first-order chi connectivity index (χ1) is 6.69. The van der Waals surface area contributed by atoms with Crippen molar-refractivity contribution in [3.05, 3.63) is 10.6 Å². The Morgan fingerprint density at radius 3 is 2.14 bits per heavy atom. The summed E-state index contributed by atoms with van der Waals surface area (Å²) in [5.41, 5.74) is 1.02. The minimum atomic E-state index is 0.0810. The van der Waals surface area contributed by atoms with Crippen LogP contribution in [0.1, 0.15) is 10.6 Å². The molecule has 5 heteroatoms. The average molecular weight is 216 g/mol. The Bertz CT molecular complexity index is 263. The standard InChI is InChI=1S/C9H16N2O2S/c1-7-8(2)14-9(10-7)11(3-5-12)4-6-13/h12-13H,3-6H2,1-2H3. The summed E-state index contributed by atoms with van der Waals surface area (Å²) in [7, 11) is 0. The Hall–Kier alpha value is -0.650. The zero-order chi connectivity index (χ0) is 10.6. The summed E-state index contributed by atoms with van der Waals surface area (Å²) >= 11 is 1.59. The van der Waals surface area contributed by atoms with E-state index in [0.29, 0.717) is 13.1 Å². The van der Waals surface area contributed by atoms with Crippen molar-refractivity contribution in [2.45, 2.75) is 13.8 Å². The molecule has 0 saturated carbocycles. The molecular formula is C9H16N2O2S. The molecule has 14 heavy (non-hydrogen) atoms. The zero-order valence-corrected chi connectivity index (χ0v) is 9.34. The number of aliphatic hydroxyl groups is 2. The van der Waals surface area contributed by atoms with E-state index in [1.807, 2.05) is 18.7 Å². The molecular weight excluding hydrogens is 200 g/mol. The van der Waals surface area contributed by atoms with Crippen LogP contribution in [0.15, 0.2) is 0 Å². The molecule has 0 fully saturated rings. The van der Waals surface area contributed by atoms with E-state index in [9.17, 15) is 0 Å². The maximum atomic E-state index is 8.85. The molecule has 1 aromatic rings. The summed E-state index contributed by atoms with van der Waals surface area (Å²) in [5, 5.41) is 18.6. The summed E-state index contributed by atoms with van der Waals surface area (Å²) in [6.45, 7) is 5.19. The lowest BCUT2D eigenvalue weighted by Crippen LogP contribution is -2.29. The van der Waals surface area contributed by atoms with Crippen LogP contribution in [0.4, 0.5) is 5.13 Å². The van der Waals surface area contributed by atoms with Gasteiger partial charge in [-0.25, -0.2) is 4.98 Å². The monoisotopic (exact) mass is 216 g/mol. The van der Waals surface area contributed by atoms with Gasteiger partial charge in [-0.2, -0.15) is 0 Å². The van der Waals surface area contributed by atoms with Gasteiger partial charge in [0.15, 0.2) is 5.13 Å². The first-order valence-corrected chi connectivity index (χ1v) is 5.41. The Morgan fingerprint density at radius 2 is 1.79 bits per heavy atom. The molecule has 0 unspecified atom stereocenters. The largest absolute Gasteiger partial charge is 0.395 e. The summed E-state index contributed by atoms with van der Waals surface area (Å²) in [6.07, 6.45) is 0. The lowest BCUT2D eigenvalue weighted by atomic mass is 10.4. The number of thiazole rings is 1. The molecule has 0 aliphatic heterocycles. The van der Waals surface area contributed by atoms with Crippen LogP contribution in [0.25, 0.3) is 0 Å². The molecule has 80 valence electrons. The second-order valence-corrected chi connectivity index (χ2v) is 4.25. The molecule has 0 saturated heterocycles. The molecule has 0 bridgehead atoms. The topological polar surface area (TPSA) is 56.6 Å². The fraction of sp³-hybridized carbons (Fsp3) is 0.667. The Morgan fingerprint density at radius 1 is 1.21 bits per heavy atom. The van der Waals surface area contributed by atoms with E-state index in [2.05, 4.69) is 4.98 Å². The van der Waals surface area contributed by atoms with E-state index in [1.165, 1.54) is 4.88 Å². The van der Waals surface area contributed by atoms with E-state index in [1.54, 1.807) is 11.3 Å². The van der Waals surface area contributed by atoms with Crippen LogP contribution < -0.4 is 4.90 Å². The van der Waals surface area contributed by atoms with Gasteiger partial charge >= 0.3 is 0 Å². The quantitative estimate of drug-likeness (QED) is 0.754. The molecule has 1 rings (SSSR count). The van der Waals surface area contributed by atoms with Crippen molar-refractivity contribution in [1.29, 1.82) is 0 Å². The van der Waals surface area contributed by atoms with Crippen LogP contribution in [-0.2, 0) is 0 Å². The maximum absolute atomic E-state index is 8.85. The third-order valence-corrected chi connectivity index (χ3v) is 3.16. The van der Waals surface area contributed by atoms with E-state index in [4.69, 9.17) is 10.2 Å². The second-order valence-electron chi connectivity index (χ2n) is 3.07. The Kier molecular flexibility index (Phi) is 4.31. The zero-order valence-electron chi connectivity index (χ0n) is 8.53. The van der Waals surface area contributed by atoms with Crippen molar-refractivity contribution < 1.29 is 10.2 Å². The van der Waals surface area contributed by atoms with E-state index in [0.717, 1.165) is 10.8 Å². The van der Waals surface area contributed by atoms with E-state index < -0.39 is 0 Å². The van der Waals surface area contributed by atoms with Crippen molar-refractivity contribution in [1.82, 2.24) is 4.98 Å². The minimum absolute atomic E-state index is 0.0810. The lowest BCUT2D eigenvalue weighted by Gasteiger charge is -2.18. The molecule has 0 radical (unpaired) electrons. The number of aryl methyl sites for hydroxylation is 2. The van der Waals surface area contributed by atoms with Crippen LogP contribution in [0, 0.1) is 13.8 Å². The smallest absolute Gasteiger partial charge is 0.185 e.